The van der Waals surface area contributed by atoms with Crippen molar-refractivity contribution < 1.29 is 23.5 Å². The molecule has 1 atom stereocenters. The first-order chi connectivity index (χ1) is 13.7. The number of nitrogens with one attached hydrogen (secondary N) is 1. The summed E-state index contributed by atoms with van der Waals surface area (Å²) in [5, 5.41) is 2.45. The van der Waals surface area contributed by atoms with Crippen LogP contribution in [-0.4, -0.2) is 30.3 Å². The molecule has 29 heavy (non-hydrogen) atoms. The van der Waals surface area contributed by atoms with Gasteiger partial charge in [0, 0.05) is 5.75 Å². The van der Waals surface area contributed by atoms with Gasteiger partial charge in [-0.25, -0.2) is 4.79 Å². The van der Waals surface area contributed by atoms with E-state index in [4.69, 9.17) is 71.9 Å². The normalized spacial score (nSPS) is 11.8. The van der Waals surface area contributed by atoms with E-state index in [1.54, 1.807) is 6.92 Å². The third-order valence-electron chi connectivity index (χ3n) is 3.47. The Balaban J connectivity index is 2.08. The number of esters is 1. The van der Waals surface area contributed by atoms with Crippen LogP contribution in [0, 0.1) is 0 Å². The second kappa shape index (κ2) is 10.9. The SMILES string of the molecule is CCOC(=O)[C@H](CS)NC(=O)c1ccc(COc2c(Cl)c(Cl)c(Cl)c(Cl)c2Cl)o1. The van der Waals surface area contributed by atoms with Crippen molar-refractivity contribution >= 4 is 82.5 Å². The van der Waals surface area contributed by atoms with Crippen LogP contribution in [-0.2, 0) is 16.1 Å². The largest absolute Gasteiger partial charge is 0.482 e. The predicted molar refractivity (Wildman–Crippen MR) is 116 cm³/mol. The Bertz CT molecular complexity index is 891. The van der Waals surface area contributed by atoms with Gasteiger partial charge >= 0.3 is 5.97 Å². The van der Waals surface area contributed by atoms with Crippen LogP contribution in [0.1, 0.15) is 23.2 Å². The summed E-state index contributed by atoms with van der Waals surface area (Å²) in [6.07, 6.45) is 0. The Labute approximate surface area is 197 Å². The number of carbonyl (C=O) groups is 2. The number of ether oxygens (including phenoxy) is 2. The average Bonchev–Trinajstić information content (AvgIpc) is 3.18. The summed E-state index contributed by atoms with van der Waals surface area (Å²) < 4.78 is 15.8. The van der Waals surface area contributed by atoms with Crippen molar-refractivity contribution in [1.29, 1.82) is 0 Å². The number of thiol groups is 1. The van der Waals surface area contributed by atoms with Gasteiger partial charge in [-0.15, -0.1) is 0 Å². The quantitative estimate of drug-likeness (QED) is 0.201. The van der Waals surface area contributed by atoms with E-state index in [0.717, 1.165) is 0 Å². The van der Waals surface area contributed by atoms with Crippen LogP contribution in [0.4, 0.5) is 0 Å². The zero-order valence-corrected chi connectivity index (χ0v) is 19.4. The summed E-state index contributed by atoms with van der Waals surface area (Å²) in [6, 6.07) is 2.02. The zero-order chi connectivity index (χ0) is 21.7. The van der Waals surface area contributed by atoms with Gasteiger partial charge in [-0.05, 0) is 19.1 Å². The van der Waals surface area contributed by atoms with Gasteiger partial charge in [0.2, 0.25) is 0 Å². The lowest BCUT2D eigenvalue weighted by atomic mass is 10.3. The minimum absolute atomic E-state index is 0.00555. The number of hydrogen-bond acceptors (Lipinski definition) is 6. The van der Waals surface area contributed by atoms with E-state index in [1.807, 2.05) is 0 Å². The van der Waals surface area contributed by atoms with Crippen LogP contribution in [0.3, 0.4) is 0 Å². The maximum atomic E-state index is 12.3. The number of hydrogen-bond donors (Lipinski definition) is 2. The van der Waals surface area contributed by atoms with E-state index >= 15 is 0 Å². The van der Waals surface area contributed by atoms with Crippen LogP contribution in [0.25, 0.3) is 0 Å². The summed E-state index contributed by atoms with van der Waals surface area (Å²) in [4.78, 5) is 24.0. The van der Waals surface area contributed by atoms with Crippen molar-refractivity contribution in [1.82, 2.24) is 5.32 Å². The van der Waals surface area contributed by atoms with Crippen LogP contribution in [0.2, 0.25) is 25.1 Å². The van der Waals surface area contributed by atoms with Crippen molar-refractivity contribution in [3.05, 3.63) is 48.8 Å². The summed E-state index contributed by atoms with van der Waals surface area (Å²) in [5.41, 5.74) is 0. The molecular weight excluding hydrogens is 508 g/mol. The van der Waals surface area contributed by atoms with Gasteiger partial charge < -0.3 is 19.2 Å². The lowest BCUT2D eigenvalue weighted by molar-refractivity contribution is -0.144. The molecule has 1 aromatic heterocycles. The van der Waals surface area contributed by atoms with Crippen LogP contribution >= 0.6 is 70.6 Å². The topological polar surface area (TPSA) is 77.8 Å². The van der Waals surface area contributed by atoms with E-state index in [-0.39, 0.29) is 61.3 Å². The van der Waals surface area contributed by atoms with E-state index in [9.17, 15) is 9.59 Å². The first kappa shape index (κ1) is 24.3. The highest BCUT2D eigenvalue weighted by atomic mass is 35.5. The third kappa shape index (κ3) is 5.81. The van der Waals surface area contributed by atoms with E-state index < -0.39 is 17.9 Å². The molecular formula is C17H14Cl5NO5S. The fraction of sp³-hybridized carbons (Fsp3) is 0.294. The van der Waals surface area contributed by atoms with Crippen molar-refractivity contribution in [2.45, 2.75) is 19.6 Å². The second-order valence-electron chi connectivity index (χ2n) is 5.41. The van der Waals surface area contributed by atoms with Crippen LogP contribution < -0.4 is 10.1 Å². The fourth-order valence-corrected chi connectivity index (χ4v) is 3.55. The molecule has 0 saturated carbocycles. The molecule has 2 aromatic rings. The minimum atomic E-state index is -0.911. The second-order valence-corrected chi connectivity index (χ2v) is 7.67. The molecule has 6 nitrogen and oxygen atoms in total. The molecule has 0 fully saturated rings. The molecule has 0 aliphatic carbocycles. The van der Waals surface area contributed by atoms with Crippen molar-refractivity contribution in [3.63, 3.8) is 0 Å². The summed E-state index contributed by atoms with van der Waals surface area (Å²) in [6.45, 7) is 1.72. The molecule has 0 unspecified atom stereocenters. The van der Waals surface area contributed by atoms with E-state index in [0.29, 0.717) is 0 Å². The van der Waals surface area contributed by atoms with Gasteiger partial charge in [0.05, 0.1) is 21.7 Å². The molecule has 1 N–H and O–H groups in total. The molecule has 12 heteroatoms. The zero-order valence-electron chi connectivity index (χ0n) is 14.7. The molecule has 1 heterocycles. The lowest BCUT2D eigenvalue weighted by Gasteiger charge is -2.14. The molecule has 1 aromatic carbocycles. The number of carbonyl (C=O) groups excluding carboxylic acids is 2. The van der Waals surface area contributed by atoms with Crippen LogP contribution in [0.15, 0.2) is 16.5 Å². The summed E-state index contributed by atoms with van der Waals surface area (Å²) in [7, 11) is 0. The number of benzene rings is 1. The Morgan fingerprint density at radius 2 is 1.66 bits per heavy atom. The van der Waals surface area contributed by atoms with Crippen molar-refractivity contribution in [2.24, 2.45) is 0 Å². The molecule has 0 aliphatic heterocycles. The van der Waals surface area contributed by atoms with E-state index in [1.165, 1.54) is 12.1 Å². The molecule has 0 radical (unpaired) electrons. The maximum absolute atomic E-state index is 12.3. The average molecular weight is 522 g/mol. The standard InChI is InChI=1S/C17H14Cl5NO5S/c1-2-26-17(25)8(6-29)23-16(24)9-4-3-7(28-9)5-27-15-13(21)11(19)10(18)12(20)14(15)22/h3-4,8,29H,2,5-6H2,1H3,(H,23,24)/t8-/m0/s1. The first-order valence-electron chi connectivity index (χ1n) is 8.02. The highest BCUT2D eigenvalue weighted by molar-refractivity contribution is 7.80. The van der Waals surface area contributed by atoms with Gasteiger partial charge in [-0.2, -0.15) is 12.6 Å². The Morgan fingerprint density at radius 1 is 1.07 bits per heavy atom. The molecule has 2 rings (SSSR count). The molecule has 0 saturated heterocycles. The minimum Gasteiger partial charge on any atom is -0.482 e. The summed E-state index contributed by atoms with van der Waals surface area (Å²) >= 11 is 34.1. The molecule has 0 aliphatic rings. The molecule has 0 bridgehead atoms. The molecule has 158 valence electrons. The molecule has 1 amide bonds. The number of rotatable bonds is 8. The van der Waals surface area contributed by atoms with Crippen molar-refractivity contribution in [2.75, 3.05) is 12.4 Å². The number of halogens is 5. The summed E-state index contributed by atoms with van der Waals surface area (Å²) in [5.74, 6) is -0.875. The Hall–Kier alpha value is -0.960. The van der Waals surface area contributed by atoms with Gasteiger partial charge in [-0.3, -0.25) is 4.79 Å². The van der Waals surface area contributed by atoms with E-state index in [2.05, 4.69) is 17.9 Å². The van der Waals surface area contributed by atoms with Gasteiger partial charge in [0.1, 0.15) is 28.5 Å². The number of furan rings is 1. The fourth-order valence-electron chi connectivity index (χ4n) is 2.08. The highest BCUT2D eigenvalue weighted by Crippen LogP contribution is 2.48. The maximum Gasteiger partial charge on any atom is 0.329 e. The Morgan fingerprint density at radius 3 is 2.21 bits per heavy atom. The number of amides is 1. The Kier molecular flexibility index (Phi) is 9.13. The van der Waals surface area contributed by atoms with Gasteiger partial charge in [0.15, 0.2) is 11.5 Å². The predicted octanol–water partition coefficient (Wildman–Crippen LogP) is 5.72. The smallest absolute Gasteiger partial charge is 0.329 e. The van der Waals surface area contributed by atoms with Gasteiger partial charge in [-0.1, -0.05) is 58.0 Å². The first-order valence-corrected chi connectivity index (χ1v) is 10.5. The molecule has 0 spiro atoms. The van der Waals surface area contributed by atoms with Crippen LogP contribution in [0.5, 0.6) is 5.75 Å². The lowest BCUT2D eigenvalue weighted by Crippen LogP contribution is -2.43. The van der Waals surface area contributed by atoms with Crippen molar-refractivity contribution in [3.8, 4) is 5.75 Å². The third-order valence-corrected chi connectivity index (χ3v) is 6.08. The van der Waals surface area contributed by atoms with Gasteiger partial charge in [0.25, 0.3) is 5.91 Å². The monoisotopic (exact) mass is 519 g/mol. The highest BCUT2D eigenvalue weighted by Gasteiger charge is 2.24.